The van der Waals surface area contributed by atoms with Crippen LogP contribution in [0.5, 0.6) is 11.5 Å². The lowest BCUT2D eigenvalue weighted by molar-refractivity contribution is -0.384. The third-order valence-electron chi connectivity index (χ3n) is 4.33. The van der Waals surface area contributed by atoms with Crippen LogP contribution in [0.2, 0.25) is 0 Å². The Morgan fingerprint density at radius 3 is 2.42 bits per heavy atom. The molecule has 3 aromatic carbocycles. The Labute approximate surface area is 216 Å². The summed E-state index contributed by atoms with van der Waals surface area (Å²) >= 11 is 4.19. The number of non-ortho nitro benzene ring substituents is 1. The van der Waals surface area contributed by atoms with Crippen LogP contribution in [0.4, 0.5) is 11.4 Å². The van der Waals surface area contributed by atoms with Crippen molar-refractivity contribution >= 4 is 68.5 Å². The number of halogens is 2. The molecule has 8 nitrogen and oxygen atoms in total. The number of ether oxygens (including phenoxy) is 1. The summed E-state index contributed by atoms with van der Waals surface area (Å²) in [5, 5.41) is 32.3. The second-order valence-electron chi connectivity index (χ2n) is 6.70. The van der Waals surface area contributed by atoms with Crippen LogP contribution in [0.25, 0.3) is 6.08 Å². The van der Waals surface area contributed by atoms with Gasteiger partial charge in [0, 0.05) is 17.8 Å². The van der Waals surface area contributed by atoms with Gasteiger partial charge in [-0.25, -0.2) is 0 Å². The summed E-state index contributed by atoms with van der Waals surface area (Å²) in [6.07, 6.45) is 1.48. The maximum absolute atomic E-state index is 12.5. The molecule has 0 saturated heterocycles. The molecule has 0 aliphatic carbocycles. The van der Waals surface area contributed by atoms with E-state index in [9.17, 15) is 25.3 Å². The first-order valence-corrected chi connectivity index (χ1v) is 11.5. The molecule has 2 N–H and O–H groups in total. The molecule has 33 heavy (non-hydrogen) atoms. The largest absolute Gasteiger partial charge is 0.508 e. The molecule has 0 atom stereocenters. The van der Waals surface area contributed by atoms with Crippen molar-refractivity contribution in [3.8, 4) is 17.6 Å². The van der Waals surface area contributed by atoms with E-state index >= 15 is 0 Å². The number of hydrogen-bond donors (Lipinski definition) is 2. The number of rotatable bonds is 7. The van der Waals surface area contributed by atoms with Gasteiger partial charge in [-0.1, -0.05) is 12.1 Å². The highest BCUT2D eigenvalue weighted by atomic mass is 127. The molecule has 0 heterocycles. The van der Waals surface area contributed by atoms with E-state index in [0.29, 0.717) is 22.6 Å². The minimum Gasteiger partial charge on any atom is -0.508 e. The Hall–Kier alpha value is -3.18. The molecule has 3 rings (SSSR count). The molecule has 1 amide bonds. The van der Waals surface area contributed by atoms with Crippen LogP contribution >= 0.6 is 45.2 Å². The summed E-state index contributed by atoms with van der Waals surface area (Å²) in [5.74, 6) is 0.104. The highest BCUT2D eigenvalue weighted by Crippen LogP contribution is 2.31. The van der Waals surface area contributed by atoms with Gasteiger partial charge < -0.3 is 15.2 Å². The summed E-state index contributed by atoms with van der Waals surface area (Å²) in [5.41, 5.74) is 1.67. The fraction of sp³-hybridized carbons (Fsp3) is 0.0435. The normalized spacial score (nSPS) is 10.9. The number of benzene rings is 3. The predicted molar refractivity (Wildman–Crippen MR) is 140 cm³/mol. The lowest BCUT2D eigenvalue weighted by Gasteiger charge is -2.12. The number of aromatic hydroxyl groups is 1. The predicted octanol–water partition coefficient (Wildman–Crippen LogP) is 5.63. The Morgan fingerprint density at radius 1 is 1.15 bits per heavy atom. The molecular weight excluding hydrogens is 652 g/mol. The maximum Gasteiger partial charge on any atom is 0.269 e. The number of nitro benzene ring substituents is 1. The number of carbonyl (C=O) groups is 1. The van der Waals surface area contributed by atoms with Crippen LogP contribution in [0.15, 0.2) is 66.2 Å². The first kappa shape index (κ1) is 24.5. The Kier molecular flexibility index (Phi) is 8.23. The quantitative estimate of drug-likeness (QED) is 0.0841. The van der Waals surface area contributed by atoms with Gasteiger partial charge in [-0.05, 0) is 98.8 Å². The van der Waals surface area contributed by atoms with Gasteiger partial charge in [0.2, 0.25) is 0 Å². The second-order valence-corrected chi connectivity index (χ2v) is 9.02. The van der Waals surface area contributed by atoms with Crippen LogP contribution in [-0.2, 0) is 11.4 Å². The van der Waals surface area contributed by atoms with E-state index in [4.69, 9.17) is 4.74 Å². The van der Waals surface area contributed by atoms with Crippen LogP contribution in [0, 0.1) is 28.6 Å². The van der Waals surface area contributed by atoms with Gasteiger partial charge in [0.05, 0.1) is 12.1 Å². The second kappa shape index (κ2) is 11.1. The number of amides is 1. The maximum atomic E-state index is 12.5. The third-order valence-corrected chi connectivity index (χ3v) is 5.93. The first-order valence-electron chi connectivity index (χ1n) is 9.34. The lowest BCUT2D eigenvalue weighted by atomic mass is 10.1. The van der Waals surface area contributed by atoms with E-state index in [0.717, 1.165) is 7.14 Å². The van der Waals surface area contributed by atoms with E-state index < -0.39 is 10.8 Å². The number of carbonyl (C=O) groups excluding carboxylic acids is 1. The summed E-state index contributed by atoms with van der Waals surface area (Å²) < 4.78 is 7.40. The van der Waals surface area contributed by atoms with Crippen molar-refractivity contribution in [2.75, 3.05) is 5.32 Å². The van der Waals surface area contributed by atoms with Crippen LogP contribution in [-0.4, -0.2) is 15.9 Å². The number of nitrogens with one attached hydrogen (secondary N) is 1. The summed E-state index contributed by atoms with van der Waals surface area (Å²) in [4.78, 5) is 23.0. The summed E-state index contributed by atoms with van der Waals surface area (Å²) in [6, 6.07) is 17.6. The van der Waals surface area contributed by atoms with Gasteiger partial charge in [-0.15, -0.1) is 0 Å². The number of phenolic OH excluding ortho intramolecular Hbond substituents is 1. The number of anilines is 1. The highest BCUT2D eigenvalue weighted by molar-refractivity contribution is 14.1. The van der Waals surface area contributed by atoms with Crippen molar-refractivity contribution < 1.29 is 19.6 Å². The molecule has 166 valence electrons. The standard InChI is InChI=1S/C23H15I2N3O5/c24-20-10-15(8-16(12-26)23(30)27-17-4-6-19(29)7-5-17)11-21(25)22(20)33-13-14-2-1-3-18(9-14)28(31)32/h1-11,29H,13H2,(H,27,30)/b16-8+. The van der Waals surface area contributed by atoms with Crippen molar-refractivity contribution in [1.82, 2.24) is 0 Å². The SMILES string of the molecule is N#C/C(=C\c1cc(I)c(OCc2cccc([N+](=O)[O-])c2)c(I)c1)C(=O)Nc1ccc(O)cc1. The molecule has 0 bridgehead atoms. The molecule has 0 unspecified atom stereocenters. The van der Waals surface area contributed by atoms with E-state index in [1.165, 1.54) is 42.5 Å². The third kappa shape index (κ3) is 6.65. The first-order chi connectivity index (χ1) is 15.8. The Balaban J connectivity index is 1.76. The minimum absolute atomic E-state index is 0.00408. The zero-order valence-corrected chi connectivity index (χ0v) is 21.1. The topological polar surface area (TPSA) is 125 Å². The monoisotopic (exact) mass is 667 g/mol. The molecule has 0 aliphatic rings. The van der Waals surface area contributed by atoms with Crippen molar-refractivity contribution in [2.45, 2.75) is 6.61 Å². The minimum atomic E-state index is -0.570. The highest BCUT2D eigenvalue weighted by Gasteiger charge is 2.13. The van der Waals surface area contributed by atoms with E-state index in [1.807, 2.05) is 6.07 Å². The summed E-state index contributed by atoms with van der Waals surface area (Å²) in [6.45, 7) is 0.154. The fourth-order valence-electron chi connectivity index (χ4n) is 2.77. The molecule has 10 heteroatoms. The molecule has 0 saturated carbocycles. The van der Waals surface area contributed by atoms with Gasteiger partial charge in [-0.2, -0.15) is 5.26 Å². The van der Waals surface area contributed by atoms with Gasteiger partial charge in [0.15, 0.2) is 0 Å². The smallest absolute Gasteiger partial charge is 0.269 e. The van der Waals surface area contributed by atoms with E-state index in [2.05, 4.69) is 50.5 Å². The zero-order valence-electron chi connectivity index (χ0n) is 16.8. The van der Waals surface area contributed by atoms with Crippen LogP contribution < -0.4 is 10.1 Å². The number of nitro groups is 1. The number of nitrogens with zero attached hydrogens (tertiary/aromatic N) is 2. The molecular formula is C23H15I2N3O5. The van der Waals surface area contributed by atoms with Gasteiger partial charge in [0.1, 0.15) is 29.7 Å². The van der Waals surface area contributed by atoms with Crippen molar-refractivity contribution in [2.24, 2.45) is 0 Å². The van der Waals surface area contributed by atoms with E-state index in [-0.39, 0.29) is 23.6 Å². The average molecular weight is 667 g/mol. The van der Waals surface area contributed by atoms with Crippen molar-refractivity contribution in [1.29, 1.82) is 5.26 Å². The molecule has 0 radical (unpaired) electrons. The Bertz CT molecular complexity index is 1260. The van der Waals surface area contributed by atoms with Crippen LogP contribution in [0.3, 0.4) is 0 Å². The summed E-state index contributed by atoms with van der Waals surface area (Å²) in [7, 11) is 0. The van der Waals surface area contributed by atoms with Crippen molar-refractivity contribution in [3.05, 3.63) is 94.6 Å². The van der Waals surface area contributed by atoms with Gasteiger partial charge >= 0.3 is 0 Å². The fourth-order valence-corrected chi connectivity index (χ4v) is 4.90. The lowest BCUT2D eigenvalue weighted by Crippen LogP contribution is -2.13. The van der Waals surface area contributed by atoms with E-state index in [1.54, 1.807) is 24.3 Å². The average Bonchev–Trinajstić information content (AvgIpc) is 2.78. The number of nitriles is 1. The molecule has 0 aromatic heterocycles. The van der Waals surface area contributed by atoms with Gasteiger partial charge in [-0.3, -0.25) is 14.9 Å². The number of phenols is 1. The number of hydrogen-bond acceptors (Lipinski definition) is 6. The molecule has 3 aromatic rings. The molecule has 0 fully saturated rings. The molecule has 0 aliphatic heterocycles. The van der Waals surface area contributed by atoms with Gasteiger partial charge in [0.25, 0.3) is 11.6 Å². The molecule has 0 spiro atoms. The van der Waals surface area contributed by atoms with Crippen molar-refractivity contribution in [3.63, 3.8) is 0 Å². The zero-order chi connectivity index (χ0) is 24.0. The van der Waals surface area contributed by atoms with Crippen LogP contribution in [0.1, 0.15) is 11.1 Å². The Morgan fingerprint density at radius 2 is 1.82 bits per heavy atom.